The topological polar surface area (TPSA) is 77.0 Å². The number of hydrogen-bond acceptors (Lipinski definition) is 4. The van der Waals surface area contributed by atoms with E-state index in [2.05, 4.69) is 10.2 Å². The van der Waals surface area contributed by atoms with Crippen LogP contribution in [-0.2, 0) is 17.4 Å². The second-order valence-electron chi connectivity index (χ2n) is 7.23. The molecule has 3 unspecified atom stereocenters. The van der Waals surface area contributed by atoms with Crippen molar-refractivity contribution in [2.45, 2.75) is 57.4 Å². The maximum absolute atomic E-state index is 13.7. The van der Waals surface area contributed by atoms with Crippen LogP contribution in [0.3, 0.4) is 0 Å². The molecule has 3 atom stereocenters. The number of fused-ring (bicyclic) bond motifs is 5. The van der Waals surface area contributed by atoms with Gasteiger partial charge in [0, 0.05) is 25.1 Å². The van der Waals surface area contributed by atoms with Gasteiger partial charge in [0.1, 0.15) is 5.82 Å². The highest BCUT2D eigenvalue weighted by molar-refractivity contribution is 5.78. The van der Waals surface area contributed by atoms with Crippen LogP contribution in [-0.4, -0.2) is 38.2 Å². The van der Waals surface area contributed by atoms with Crippen molar-refractivity contribution in [3.05, 3.63) is 46.8 Å². The summed E-state index contributed by atoms with van der Waals surface area (Å²) >= 11 is 0. The van der Waals surface area contributed by atoms with E-state index < -0.39 is 53.5 Å². The monoisotopic (exact) mass is 449 g/mol. The van der Waals surface area contributed by atoms with Gasteiger partial charge < -0.3 is 15.2 Å². The van der Waals surface area contributed by atoms with E-state index in [1.165, 1.54) is 4.90 Å². The molecule has 1 saturated heterocycles. The molecule has 1 amide bonds. The van der Waals surface area contributed by atoms with E-state index >= 15 is 0 Å². The van der Waals surface area contributed by atoms with E-state index in [0.29, 0.717) is 18.6 Å². The predicted octanol–water partition coefficient (Wildman–Crippen LogP) is 3.53. The molecule has 1 aromatic carbocycles. The van der Waals surface area contributed by atoms with Crippen molar-refractivity contribution < 1.29 is 31.1 Å². The minimum Gasteiger partial charge on any atom is -0.330 e. The Balaban J connectivity index is 0.00000132. The van der Waals surface area contributed by atoms with Gasteiger partial charge in [-0.15, -0.1) is 10.2 Å². The quantitative estimate of drug-likeness (QED) is 0.573. The lowest BCUT2D eigenvalue weighted by Crippen LogP contribution is -2.40. The molecule has 0 saturated carbocycles. The molecule has 1 fully saturated rings. The molecule has 2 aliphatic rings. The van der Waals surface area contributed by atoms with Crippen molar-refractivity contribution in [3.63, 3.8) is 0 Å². The second-order valence-corrected chi connectivity index (χ2v) is 7.23. The summed E-state index contributed by atoms with van der Waals surface area (Å²) in [5.74, 6) is -4.97. The number of carbonyl (C=O) groups is 1. The maximum atomic E-state index is 13.7. The fourth-order valence-corrected chi connectivity index (χ4v) is 4.02. The van der Waals surface area contributed by atoms with Crippen LogP contribution in [0, 0.1) is 17.5 Å². The fourth-order valence-electron chi connectivity index (χ4n) is 4.02. The summed E-state index contributed by atoms with van der Waals surface area (Å²) in [5.41, 5.74) is 5.71. The Morgan fingerprint density at radius 2 is 1.81 bits per heavy atom. The molecule has 12 heteroatoms. The van der Waals surface area contributed by atoms with Gasteiger partial charge >= 0.3 is 6.18 Å². The highest BCUT2D eigenvalue weighted by atomic mass is 19.4. The zero-order chi connectivity index (χ0) is 23.1. The van der Waals surface area contributed by atoms with Gasteiger partial charge in [0.05, 0.1) is 12.1 Å². The van der Waals surface area contributed by atoms with Crippen LogP contribution in [0.1, 0.15) is 56.0 Å². The first-order valence-corrected chi connectivity index (χ1v) is 9.76. The summed E-state index contributed by atoms with van der Waals surface area (Å²) in [4.78, 5) is 14.0. The molecule has 2 bridgehead atoms. The first-order chi connectivity index (χ1) is 14.6. The van der Waals surface area contributed by atoms with E-state index in [0.717, 1.165) is 4.57 Å². The van der Waals surface area contributed by atoms with Crippen molar-refractivity contribution >= 4 is 5.91 Å². The van der Waals surface area contributed by atoms with Gasteiger partial charge in [-0.3, -0.25) is 4.79 Å². The van der Waals surface area contributed by atoms with Gasteiger partial charge in [-0.1, -0.05) is 13.8 Å². The van der Waals surface area contributed by atoms with Crippen molar-refractivity contribution in [1.82, 2.24) is 19.7 Å². The number of likely N-dealkylation sites (tertiary alicyclic amines) is 1. The molecule has 0 aliphatic carbocycles. The molecule has 3 heterocycles. The van der Waals surface area contributed by atoms with Crippen LogP contribution in [0.15, 0.2) is 12.1 Å². The van der Waals surface area contributed by atoms with Crippen LogP contribution in [0.5, 0.6) is 0 Å². The summed E-state index contributed by atoms with van der Waals surface area (Å²) in [6.45, 7) is 4.06. The number of benzene rings is 1. The smallest absolute Gasteiger partial charge is 0.330 e. The molecule has 6 nitrogen and oxygen atoms in total. The van der Waals surface area contributed by atoms with E-state index in [1.807, 2.05) is 13.8 Å². The normalized spacial score (nSPS) is 20.4. The molecular weight excluding hydrogens is 428 g/mol. The number of amides is 1. The number of halogens is 6. The summed E-state index contributed by atoms with van der Waals surface area (Å²) in [6, 6.07) is -1.00. The summed E-state index contributed by atoms with van der Waals surface area (Å²) in [6.07, 6.45) is -4.78. The zero-order valence-electron chi connectivity index (χ0n) is 16.8. The molecule has 170 valence electrons. The molecule has 2 aromatic rings. The number of hydrogen-bond donors (Lipinski definition) is 1. The fraction of sp³-hybridized carbons (Fsp3) is 0.526. The highest BCUT2D eigenvalue weighted by Gasteiger charge is 2.51. The Bertz CT molecular complexity index is 975. The number of rotatable bonds is 4. The van der Waals surface area contributed by atoms with E-state index in [-0.39, 0.29) is 30.8 Å². The number of aromatic nitrogens is 3. The van der Waals surface area contributed by atoms with Gasteiger partial charge in [-0.2, -0.15) is 13.2 Å². The summed E-state index contributed by atoms with van der Waals surface area (Å²) in [7, 11) is 0. The minimum absolute atomic E-state index is 0.0594. The number of carbonyl (C=O) groups excluding carboxylic acids is 1. The van der Waals surface area contributed by atoms with Crippen LogP contribution in [0.2, 0.25) is 0 Å². The molecule has 4 rings (SSSR count). The average molecular weight is 449 g/mol. The Morgan fingerprint density at radius 3 is 2.45 bits per heavy atom. The zero-order valence-corrected chi connectivity index (χ0v) is 16.8. The van der Waals surface area contributed by atoms with Crippen LogP contribution >= 0.6 is 0 Å². The maximum Gasteiger partial charge on any atom is 0.451 e. The van der Waals surface area contributed by atoms with Crippen LogP contribution in [0.4, 0.5) is 26.3 Å². The van der Waals surface area contributed by atoms with Crippen LogP contribution in [0.25, 0.3) is 0 Å². The van der Waals surface area contributed by atoms with Gasteiger partial charge in [0.25, 0.3) is 0 Å². The van der Waals surface area contributed by atoms with Crippen molar-refractivity contribution in [3.8, 4) is 0 Å². The Morgan fingerprint density at radius 1 is 1.16 bits per heavy atom. The number of nitrogens with two attached hydrogens (primary N) is 1. The van der Waals surface area contributed by atoms with E-state index in [9.17, 15) is 31.1 Å². The summed E-state index contributed by atoms with van der Waals surface area (Å²) < 4.78 is 80.1. The molecule has 31 heavy (non-hydrogen) atoms. The highest BCUT2D eigenvalue weighted by Crippen LogP contribution is 2.47. The van der Waals surface area contributed by atoms with E-state index in [4.69, 9.17) is 5.73 Å². The largest absolute Gasteiger partial charge is 0.451 e. The first-order valence-electron chi connectivity index (χ1n) is 9.76. The molecule has 0 spiro atoms. The lowest BCUT2D eigenvalue weighted by atomic mass is 10.0. The molecular formula is C19H21F6N5O. The third-order valence-corrected chi connectivity index (χ3v) is 5.25. The third-order valence-electron chi connectivity index (χ3n) is 5.25. The van der Waals surface area contributed by atoms with Gasteiger partial charge in [0.2, 0.25) is 11.7 Å². The molecule has 0 radical (unpaired) electrons. The molecule has 1 aromatic heterocycles. The van der Waals surface area contributed by atoms with Crippen molar-refractivity contribution in [2.75, 3.05) is 6.54 Å². The van der Waals surface area contributed by atoms with E-state index in [1.54, 1.807) is 0 Å². The standard InChI is InChI=1S/C17H15F6N5O.C2H6/c18-10-5-12(20)11(19)2-7(10)1-8(24)3-14(29)27-6-9-4-13(27)15-25-26-16(28(9)15)17(21,22)23;1-2/h2,5,8-9,13H,1,3-4,6,24H2;1-2H3. The third kappa shape index (κ3) is 4.25. The lowest BCUT2D eigenvalue weighted by molar-refractivity contribution is -0.148. The Labute approximate surface area is 174 Å². The molecule has 2 N–H and O–H groups in total. The van der Waals surface area contributed by atoms with Gasteiger partial charge in [-0.25, -0.2) is 13.2 Å². The van der Waals surface area contributed by atoms with Gasteiger partial charge in [0.15, 0.2) is 17.5 Å². The van der Waals surface area contributed by atoms with Crippen molar-refractivity contribution in [2.24, 2.45) is 5.73 Å². The van der Waals surface area contributed by atoms with Crippen LogP contribution < -0.4 is 5.73 Å². The Hall–Kier alpha value is -2.63. The average Bonchev–Trinajstić information content (AvgIpc) is 3.38. The molecule has 2 aliphatic heterocycles. The second kappa shape index (κ2) is 8.48. The first kappa shape index (κ1) is 23.0. The van der Waals surface area contributed by atoms with Gasteiger partial charge in [-0.05, 0) is 24.5 Å². The summed E-state index contributed by atoms with van der Waals surface area (Å²) in [5, 5.41) is 6.80. The Kier molecular flexibility index (Phi) is 6.30. The number of alkyl halides is 3. The number of nitrogens with zero attached hydrogens (tertiary/aromatic N) is 4. The SMILES string of the molecule is CC.NC(CC(=O)N1CC2CC1c1nnc(C(F)(F)F)n12)Cc1cc(F)c(F)cc1F. The van der Waals surface area contributed by atoms with Crippen molar-refractivity contribution in [1.29, 1.82) is 0 Å². The minimum atomic E-state index is -4.64. The predicted molar refractivity (Wildman–Crippen MR) is 97.1 cm³/mol. The lowest BCUT2D eigenvalue weighted by Gasteiger charge is -2.28.